The van der Waals surface area contributed by atoms with E-state index in [1.807, 2.05) is 36.9 Å². The zero-order valence-corrected chi connectivity index (χ0v) is 20.9. The number of carbonyl (C=O) groups excluding carboxylic acids is 1. The van der Waals surface area contributed by atoms with Crippen LogP contribution in [-0.2, 0) is 10.0 Å². The molecular weight excluding hydrogens is 454 g/mol. The summed E-state index contributed by atoms with van der Waals surface area (Å²) in [7, 11) is -3.54. The Kier molecular flexibility index (Phi) is 7.46. The Hall–Kier alpha value is -2.29. The molecule has 4 rings (SSSR count). The third-order valence-electron chi connectivity index (χ3n) is 6.13. The predicted molar refractivity (Wildman–Crippen MR) is 133 cm³/mol. The average molecular weight is 486 g/mol. The van der Waals surface area contributed by atoms with Gasteiger partial charge in [-0.1, -0.05) is 26.0 Å². The van der Waals surface area contributed by atoms with Crippen molar-refractivity contribution in [2.45, 2.75) is 50.3 Å². The van der Waals surface area contributed by atoms with Crippen LogP contribution in [0.4, 0.5) is 0 Å². The van der Waals surface area contributed by atoms with E-state index in [-0.39, 0.29) is 10.8 Å². The maximum Gasteiger partial charge on any atom is 0.253 e. The number of piperidine rings is 1. The van der Waals surface area contributed by atoms with E-state index in [0.717, 1.165) is 36.2 Å². The zero-order chi connectivity index (χ0) is 23.4. The lowest BCUT2D eigenvalue weighted by molar-refractivity contribution is 0.0713. The minimum absolute atomic E-state index is 0.0410. The van der Waals surface area contributed by atoms with Crippen LogP contribution in [0.25, 0.3) is 10.2 Å². The van der Waals surface area contributed by atoms with E-state index in [4.69, 9.17) is 4.98 Å². The molecule has 1 aromatic heterocycles. The van der Waals surface area contributed by atoms with Gasteiger partial charge in [0, 0.05) is 37.7 Å². The second-order valence-corrected chi connectivity index (χ2v) is 11.5. The van der Waals surface area contributed by atoms with Crippen molar-refractivity contribution >= 4 is 37.5 Å². The van der Waals surface area contributed by atoms with Crippen molar-refractivity contribution in [2.75, 3.05) is 26.2 Å². The number of hydrogen-bond acceptors (Lipinski definition) is 5. The van der Waals surface area contributed by atoms with Gasteiger partial charge in [-0.15, -0.1) is 11.3 Å². The largest absolute Gasteiger partial charge is 0.339 e. The van der Waals surface area contributed by atoms with Crippen molar-refractivity contribution < 1.29 is 13.2 Å². The molecule has 0 unspecified atom stereocenters. The molecule has 0 radical (unpaired) electrons. The number of amides is 1. The van der Waals surface area contributed by atoms with Crippen molar-refractivity contribution in [3.05, 3.63) is 59.1 Å². The second kappa shape index (κ2) is 10.3. The van der Waals surface area contributed by atoms with Crippen molar-refractivity contribution in [2.24, 2.45) is 0 Å². The molecule has 8 heteroatoms. The molecule has 0 aliphatic carbocycles. The van der Waals surface area contributed by atoms with E-state index in [9.17, 15) is 13.2 Å². The number of sulfonamides is 1. The van der Waals surface area contributed by atoms with Crippen LogP contribution >= 0.6 is 11.3 Å². The van der Waals surface area contributed by atoms with Gasteiger partial charge in [0.2, 0.25) is 10.0 Å². The second-order valence-electron chi connectivity index (χ2n) is 8.51. The Bertz CT molecular complexity index is 1160. The lowest BCUT2D eigenvalue weighted by atomic mass is 9.97. The normalized spacial score (nSPS) is 15.4. The number of para-hydroxylation sites is 1. The maximum atomic E-state index is 13.0. The van der Waals surface area contributed by atoms with Gasteiger partial charge in [-0.2, -0.15) is 4.31 Å². The average Bonchev–Trinajstić information content (AvgIpc) is 3.28. The van der Waals surface area contributed by atoms with Gasteiger partial charge < -0.3 is 4.90 Å². The van der Waals surface area contributed by atoms with Crippen molar-refractivity contribution in [1.29, 1.82) is 0 Å². The van der Waals surface area contributed by atoms with E-state index in [0.29, 0.717) is 37.7 Å². The molecule has 1 aliphatic heterocycles. The molecule has 176 valence electrons. The monoisotopic (exact) mass is 485 g/mol. The van der Waals surface area contributed by atoms with E-state index in [1.165, 1.54) is 9.01 Å². The molecular formula is C25H31N3O3S2. The maximum absolute atomic E-state index is 13.0. The van der Waals surface area contributed by atoms with E-state index < -0.39 is 10.0 Å². The molecule has 6 nitrogen and oxygen atoms in total. The van der Waals surface area contributed by atoms with Crippen LogP contribution in [0.2, 0.25) is 0 Å². The SMILES string of the molecule is CCCN(CCC)S(=O)(=O)c1ccc(C(=O)N2CCC(c3nc4ccccc4s3)CC2)cc1. The molecule has 0 N–H and O–H groups in total. The van der Waals surface area contributed by atoms with Gasteiger partial charge in [0.1, 0.15) is 0 Å². The third-order valence-corrected chi connectivity index (χ3v) is 9.24. The van der Waals surface area contributed by atoms with Gasteiger partial charge in [0.25, 0.3) is 5.91 Å². The fourth-order valence-electron chi connectivity index (χ4n) is 4.35. The molecule has 2 aromatic carbocycles. The summed E-state index contributed by atoms with van der Waals surface area (Å²) in [5.74, 6) is 0.336. The molecule has 33 heavy (non-hydrogen) atoms. The van der Waals surface area contributed by atoms with E-state index in [2.05, 4.69) is 6.07 Å². The first-order valence-corrected chi connectivity index (χ1v) is 13.9. The standard InChI is InChI=1S/C25H31N3O3S2/c1-3-15-28(16-4-2)33(30,31)21-11-9-20(10-12-21)25(29)27-17-13-19(14-18-27)24-26-22-7-5-6-8-23(22)32-24/h5-12,19H,3-4,13-18H2,1-2H3. The van der Waals surface area contributed by atoms with Crippen LogP contribution in [0.1, 0.15) is 60.8 Å². The number of benzene rings is 2. The van der Waals surface area contributed by atoms with E-state index in [1.54, 1.807) is 35.6 Å². The number of nitrogens with zero attached hydrogens (tertiary/aromatic N) is 3. The van der Waals surface area contributed by atoms with Crippen molar-refractivity contribution in [3.8, 4) is 0 Å². The number of fused-ring (bicyclic) bond motifs is 1. The summed E-state index contributed by atoms with van der Waals surface area (Å²) in [6.07, 6.45) is 3.31. The van der Waals surface area contributed by atoms with Crippen LogP contribution in [-0.4, -0.2) is 54.7 Å². The molecule has 0 saturated carbocycles. The Morgan fingerprint density at radius 2 is 1.67 bits per heavy atom. The Morgan fingerprint density at radius 1 is 1.03 bits per heavy atom. The zero-order valence-electron chi connectivity index (χ0n) is 19.2. The van der Waals surface area contributed by atoms with Gasteiger partial charge in [-0.05, 0) is 62.1 Å². The number of thiazole rings is 1. The first-order chi connectivity index (χ1) is 15.9. The molecule has 1 amide bonds. The first kappa shape index (κ1) is 23.9. The lowest BCUT2D eigenvalue weighted by Crippen LogP contribution is -2.38. The van der Waals surface area contributed by atoms with Crippen LogP contribution in [0.15, 0.2) is 53.4 Å². The molecule has 1 fully saturated rings. The van der Waals surface area contributed by atoms with Crippen LogP contribution in [0.5, 0.6) is 0 Å². The number of aromatic nitrogens is 1. The highest BCUT2D eigenvalue weighted by Crippen LogP contribution is 2.34. The highest BCUT2D eigenvalue weighted by molar-refractivity contribution is 7.89. The molecule has 2 heterocycles. The number of rotatable bonds is 8. The van der Waals surface area contributed by atoms with E-state index >= 15 is 0 Å². The van der Waals surface area contributed by atoms with Gasteiger partial charge in [-0.25, -0.2) is 13.4 Å². The quantitative estimate of drug-likeness (QED) is 0.444. The number of hydrogen-bond donors (Lipinski definition) is 0. The predicted octanol–water partition coefficient (Wildman–Crippen LogP) is 5.13. The Balaban J connectivity index is 1.40. The van der Waals surface area contributed by atoms with Crippen molar-refractivity contribution in [3.63, 3.8) is 0 Å². The van der Waals surface area contributed by atoms with Gasteiger partial charge in [-0.3, -0.25) is 4.79 Å². The fourth-order valence-corrected chi connectivity index (χ4v) is 7.11. The Morgan fingerprint density at radius 3 is 2.27 bits per heavy atom. The molecule has 1 saturated heterocycles. The minimum atomic E-state index is -3.54. The molecule has 1 aliphatic rings. The summed E-state index contributed by atoms with van der Waals surface area (Å²) in [5.41, 5.74) is 1.58. The molecule has 0 atom stereocenters. The first-order valence-electron chi connectivity index (χ1n) is 11.7. The fraction of sp³-hybridized carbons (Fsp3) is 0.440. The smallest absolute Gasteiger partial charge is 0.253 e. The highest BCUT2D eigenvalue weighted by Gasteiger charge is 2.27. The van der Waals surface area contributed by atoms with Crippen LogP contribution in [0.3, 0.4) is 0 Å². The summed E-state index contributed by atoms with van der Waals surface area (Å²) < 4.78 is 28.6. The highest BCUT2D eigenvalue weighted by atomic mass is 32.2. The summed E-state index contributed by atoms with van der Waals surface area (Å²) >= 11 is 1.75. The van der Waals surface area contributed by atoms with Crippen LogP contribution in [0, 0.1) is 0 Å². The summed E-state index contributed by atoms with van der Waals surface area (Å²) in [6.45, 7) is 6.31. The van der Waals surface area contributed by atoms with Crippen LogP contribution < -0.4 is 0 Å². The third kappa shape index (κ3) is 5.13. The summed E-state index contributed by atoms with van der Waals surface area (Å²) in [5, 5.41) is 1.15. The Labute approximate surface area is 200 Å². The minimum Gasteiger partial charge on any atom is -0.339 e. The summed E-state index contributed by atoms with van der Waals surface area (Å²) in [4.78, 5) is 19.9. The van der Waals surface area contributed by atoms with Crippen molar-refractivity contribution in [1.82, 2.24) is 14.2 Å². The number of likely N-dealkylation sites (tertiary alicyclic amines) is 1. The molecule has 3 aromatic rings. The van der Waals surface area contributed by atoms with Gasteiger partial charge in [0.05, 0.1) is 20.1 Å². The van der Waals surface area contributed by atoms with Gasteiger partial charge in [0.15, 0.2) is 0 Å². The van der Waals surface area contributed by atoms with Gasteiger partial charge >= 0.3 is 0 Å². The summed E-state index contributed by atoms with van der Waals surface area (Å²) in [6, 6.07) is 14.6. The topological polar surface area (TPSA) is 70.6 Å². The number of carbonyl (C=O) groups is 1. The lowest BCUT2D eigenvalue weighted by Gasteiger charge is -2.31. The molecule has 0 spiro atoms. The molecule has 0 bridgehead atoms.